The SMILES string of the molecule is COC(=O)CCCN1C(=O)CCCC1=O. The third-order valence-electron chi connectivity index (χ3n) is 2.37. The van der Waals surface area contributed by atoms with Crippen molar-refractivity contribution in [2.45, 2.75) is 32.1 Å². The fraction of sp³-hybridized carbons (Fsp3) is 0.700. The Morgan fingerprint density at radius 2 is 1.93 bits per heavy atom. The van der Waals surface area contributed by atoms with Gasteiger partial charge in [-0.15, -0.1) is 0 Å². The molecular formula is C10H15NO4. The molecule has 0 aromatic heterocycles. The first-order valence-electron chi connectivity index (χ1n) is 5.05. The van der Waals surface area contributed by atoms with Crippen molar-refractivity contribution >= 4 is 17.8 Å². The van der Waals surface area contributed by atoms with E-state index in [1.54, 1.807) is 0 Å². The van der Waals surface area contributed by atoms with Crippen molar-refractivity contribution in [2.24, 2.45) is 0 Å². The van der Waals surface area contributed by atoms with Crippen LogP contribution in [0.4, 0.5) is 0 Å². The number of likely N-dealkylation sites (tertiary alicyclic amines) is 1. The fourth-order valence-electron chi connectivity index (χ4n) is 1.53. The molecule has 0 unspecified atom stereocenters. The average molecular weight is 213 g/mol. The van der Waals surface area contributed by atoms with E-state index in [0.717, 1.165) is 0 Å². The molecule has 0 aliphatic carbocycles. The lowest BCUT2D eigenvalue weighted by atomic mass is 10.1. The second-order valence-electron chi connectivity index (χ2n) is 3.47. The van der Waals surface area contributed by atoms with Crippen molar-refractivity contribution in [3.8, 4) is 0 Å². The molecule has 1 aliphatic heterocycles. The number of amides is 2. The summed E-state index contributed by atoms with van der Waals surface area (Å²) < 4.78 is 4.47. The van der Waals surface area contributed by atoms with Crippen LogP contribution < -0.4 is 0 Å². The molecule has 0 aromatic carbocycles. The highest BCUT2D eigenvalue weighted by molar-refractivity contribution is 5.97. The smallest absolute Gasteiger partial charge is 0.305 e. The molecule has 0 saturated carbocycles. The summed E-state index contributed by atoms with van der Waals surface area (Å²) in [5.74, 6) is -0.570. The standard InChI is InChI=1S/C10H15NO4/c1-15-10(14)6-3-7-11-8(12)4-2-5-9(11)13/h2-7H2,1H3. The van der Waals surface area contributed by atoms with Crippen LogP contribution in [0.3, 0.4) is 0 Å². The number of carbonyl (C=O) groups is 3. The second kappa shape index (κ2) is 5.48. The number of hydrogen-bond donors (Lipinski definition) is 0. The third kappa shape index (κ3) is 3.34. The Labute approximate surface area is 88.4 Å². The summed E-state index contributed by atoms with van der Waals surface area (Å²) in [4.78, 5) is 34.7. The van der Waals surface area contributed by atoms with Crippen molar-refractivity contribution in [2.75, 3.05) is 13.7 Å². The van der Waals surface area contributed by atoms with Gasteiger partial charge in [-0.25, -0.2) is 0 Å². The van der Waals surface area contributed by atoms with Gasteiger partial charge in [-0.1, -0.05) is 0 Å². The maximum absolute atomic E-state index is 11.3. The highest BCUT2D eigenvalue weighted by Crippen LogP contribution is 2.12. The van der Waals surface area contributed by atoms with E-state index in [1.807, 2.05) is 0 Å². The van der Waals surface area contributed by atoms with Crippen LogP contribution in [0.1, 0.15) is 32.1 Å². The molecule has 84 valence electrons. The molecule has 2 amide bonds. The lowest BCUT2D eigenvalue weighted by Crippen LogP contribution is -2.40. The van der Waals surface area contributed by atoms with Gasteiger partial charge < -0.3 is 4.74 Å². The minimum Gasteiger partial charge on any atom is -0.469 e. The van der Waals surface area contributed by atoms with Gasteiger partial charge in [0.25, 0.3) is 0 Å². The van der Waals surface area contributed by atoms with Crippen LogP contribution in [0.5, 0.6) is 0 Å². The Morgan fingerprint density at radius 1 is 1.33 bits per heavy atom. The lowest BCUT2D eigenvalue weighted by Gasteiger charge is -2.24. The Kier molecular flexibility index (Phi) is 4.27. The predicted molar refractivity (Wildman–Crippen MR) is 51.8 cm³/mol. The molecule has 0 radical (unpaired) electrons. The maximum atomic E-state index is 11.3. The lowest BCUT2D eigenvalue weighted by molar-refractivity contribution is -0.149. The minimum absolute atomic E-state index is 0.129. The zero-order valence-corrected chi connectivity index (χ0v) is 8.82. The van der Waals surface area contributed by atoms with Crippen LogP contribution >= 0.6 is 0 Å². The molecule has 0 atom stereocenters. The number of rotatable bonds is 4. The number of carbonyl (C=O) groups excluding carboxylic acids is 3. The van der Waals surface area contributed by atoms with Crippen molar-refractivity contribution in [3.63, 3.8) is 0 Å². The summed E-state index contributed by atoms with van der Waals surface area (Å²) in [5, 5.41) is 0. The van der Waals surface area contributed by atoms with Gasteiger partial charge >= 0.3 is 5.97 Å². The number of hydrogen-bond acceptors (Lipinski definition) is 4. The van der Waals surface area contributed by atoms with Crippen molar-refractivity contribution in [1.82, 2.24) is 4.90 Å². The molecule has 0 spiro atoms. The third-order valence-corrected chi connectivity index (χ3v) is 2.37. The number of nitrogens with zero attached hydrogens (tertiary/aromatic N) is 1. The first-order chi connectivity index (χ1) is 7.15. The molecule has 5 nitrogen and oxygen atoms in total. The molecule has 5 heteroatoms. The van der Waals surface area contributed by atoms with Gasteiger partial charge in [-0.2, -0.15) is 0 Å². The molecule has 1 fully saturated rings. The summed E-state index contributed by atoms with van der Waals surface area (Å²) in [6, 6.07) is 0. The second-order valence-corrected chi connectivity index (χ2v) is 3.47. The maximum Gasteiger partial charge on any atom is 0.305 e. The monoisotopic (exact) mass is 213 g/mol. The van der Waals surface area contributed by atoms with Crippen LogP contribution in [0, 0.1) is 0 Å². The number of imide groups is 1. The summed E-state index contributed by atoms with van der Waals surface area (Å²) in [7, 11) is 1.32. The molecule has 15 heavy (non-hydrogen) atoms. The molecule has 1 aliphatic rings. The van der Waals surface area contributed by atoms with Crippen LogP contribution in [0.25, 0.3) is 0 Å². The summed E-state index contributed by atoms with van der Waals surface area (Å²) in [6.07, 6.45) is 2.23. The predicted octanol–water partition coefficient (Wildman–Crippen LogP) is 0.479. The van der Waals surface area contributed by atoms with Gasteiger partial charge in [-0.05, 0) is 12.8 Å². The largest absolute Gasteiger partial charge is 0.469 e. The van der Waals surface area contributed by atoms with E-state index in [9.17, 15) is 14.4 Å². The van der Waals surface area contributed by atoms with Gasteiger partial charge in [0, 0.05) is 25.8 Å². The highest BCUT2D eigenvalue weighted by Gasteiger charge is 2.25. The Bertz CT molecular complexity index is 259. The zero-order valence-electron chi connectivity index (χ0n) is 8.82. The molecule has 0 N–H and O–H groups in total. The number of esters is 1. The van der Waals surface area contributed by atoms with E-state index >= 15 is 0 Å². The van der Waals surface area contributed by atoms with Gasteiger partial charge in [0.2, 0.25) is 11.8 Å². The molecule has 0 aromatic rings. The number of ether oxygens (including phenoxy) is 1. The van der Waals surface area contributed by atoms with Crippen molar-refractivity contribution in [1.29, 1.82) is 0 Å². The first kappa shape index (κ1) is 11.7. The van der Waals surface area contributed by atoms with E-state index < -0.39 is 0 Å². The van der Waals surface area contributed by atoms with Crippen LogP contribution in [0.2, 0.25) is 0 Å². The van der Waals surface area contributed by atoms with E-state index in [-0.39, 0.29) is 24.2 Å². The van der Waals surface area contributed by atoms with Crippen molar-refractivity contribution in [3.05, 3.63) is 0 Å². The highest BCUT2D eigenvalue weighted by atomic mass is 16.5. The molecule has 1 rings (SSSR count). The van der Waals surface area contributed by atoms with E-state index in [2.05, 4.69) is 4.74 Å². The molecule has 1 heterocycles. The fourth-order valence-corrected chi connectivity index (χ4v) is 1.53. The van der Waals surface area contributed by atoms with E-state index in [4.69, 9.17) is 0 Å². The molecule has 1 saturated heterocycles. The minimum atomic E-state index is -0.313. The van der Waals surface area contributed by atoms with Gasteiger partial charge in [0.05, 0.1) is 7.11 Å². The zero-order chi connectivity index (χ0) is 11.3. The topological polar surface area (TPSA) is 63.7 Å². The molecule has 0 bridgehead atoms. The Hall–Kier alpha value is -1.39. The summed E-state index contributed by atoms with van der Waals surface area (Å²) in [5.41, 5.74) is 0. The Balaban J connectivity index is 2.33. The normalized spacial score (nSPS) is 16.7. The average Bonchev–Trinajstić information content (AvgIpc) is 2.22. The van der Waals surface area contributed by atoms with Crippen LogP contribution in [0.15, 0.2) is 0 Å². The van der Waals surface area contributed by atoms with Crippen molar-refractivity contribution < 1.29 is 19.1 Å². The number of methoxy groups -OCH3 is 1. The van der Waals surface area contributed by atoms with Gasteiger partial charge in [0.15, 0.2) is 0 Å². The van der Waals surface area contributed by atoms with Gasteiger partial charge in [0.1, 0.15) is 0 Å². The first-order valence-corrected chi connectivity index (χ1v) is 5.05. The quantitative estimate of drug-likeness (QED) is 0.503. The summed E-state index contributed by atoms with van der Waals surface area (Å²) in [6.45, 7) is 0.326. The van der Waals surface area contributed by atoms with Crippen LogP contribution in [-0.4, -0.2) is 36.3 Å². The van der Waals surface area contributed by atoms with E-state index in [0.29, 0.717) is 32.2 Å². The van der Waals surface area contributed by atoms with E-state index in [1.165, 1.54) is 12.0 Å². The Morgan fingerprint density at radius 3 is 2.47 bits per heavy atom. The summed E-state index contributed by atoms with van der Waals surface area (Å²) >= 11 is 0. The molecular weight excluding hydrogens is 198 g/mol. The van der Waals surface area contributed by atoms with Crippen LogP contribution in [-0.2, 0) is 19.1 Å². The number of piperidine rings is 1. The van der Waals surface area contributed by atoms with Gasteiger partial charge in [-0.3, -0.25) is 19.3 Å².